The summed E-state index contributed by atoms with van der Waals surface area (Å²) < 4.78 is 4.59. The normalized spacial score (nSPS) is 23.2. The molecular formula is C8H17BN2O3. The molecule has 1 atom stereocenters. The fraction of sp³-hybridized carbons (Fsp3) is 0.875. The first-order valence-electron chi connectivity index (χ1n) is 4.85. The summed E-state index contributed by atoms with van der Waals surface area (Å²) in [5.41, 5.74) is 0. The van der Waals surface area contributed by atoms with E-state index in [2.05, 4.69) is 10.1 Å². The van der Waals surface area contributed by atoms with E-state index in [1.54, 1.807) is 6.82 Å². The second-order valence-corrected chi connectivity index (χ2v) is 3.56. The van der Waals surface area contributed by atoms with Crippen molar-refractivity contribution in [2.24, 2.45) is 0 Å². The Morgan fingerprint density at radius 1 is 1.79 bits per heavy atom. The highest BCUT2D eigenvalue weighted by molar-refractivity contribution is 6.45. The van der Waals surface area contributed by atoms with Crippen molar-refractivity contribution in [3.63, 3.8) is 0 Å². The Bertz CT molecular complexity index is 201. The van der Waals surface area contributed by atoms with Crippen LogP contribution in [0.3, 0.4) is 0 Å². The predicted octanol–water partition coefficient (Wildman–Crippen LogP) is -1.07. The molecule has 1 fully saturated rings. The van der Waals surface area contributed by atoms with Crippen LogP contribution in [0.1, 0.15) is 6.42 Å². The van der Waals surface area contributed by atoms with Crippen molar-refractivity contribution < 1.29 is 14.6 Å². The van der Waals surface area contributed by atoms with Gasteiger partial charge >= 0.3 is 13.0 Å². The molecule has 1 rings (SSSR count). The van der Waals surface area contributed by atoms with E-state index < -0.39 is 7.05 Å². The van der Waals surface area contributed by atoms with Crippen LogP contribution in [-0.4, -0.2) is 55.6 Å². The molecule has 0 spiro atoms. The molecule has 1 heterocycles. The van der Waals surface area contributed by atoms with Crippen molar-refractivity contribution >= 4 is 13.0 Å². The zero-order chi connectivity index (χ0) is 10.6. The van der Waals surface area contributed by atoms with E-state index in [9.17, 15) is 9.82 Å². The standard InChI is InChI=1S/C8H17BN2O3/c1-9(13)11-4-3-10-7(6-11)5-8(12)14-2/h7,10,13H,3-6H2,1-2H3. The fourth-order valence-corrected chi connectivity index (χ4v) is 1.61. The zero-order valence-electron chi connectivity index (χ0n) is 8.69. The Labute approximate surface area is 84.5 Å². The average molecular weight is 200 g/mol. The van der Waals surface area contributed by atoms with Gasteiger partial charge in [0, 0.05) is 25.7 Å². The van der Waals surface area contributed by atoms with Gasteiger partial charge in [-0.25, -0.2) is 0 Å². The maximum absolute atomic E-state index is 11.0. The predicted molar refractivity (Wildman–Crippen MR) is 53.8 cm³/mol. The minimum Gasteiger partial charge on any atom is -0.469 e. The van der Waals surface area contributed by atoms with Gasteiger partial charge in [-0.1, -0.05) is 0 Å². The molecule has 0 radical (unpaired) electrons. The van der Waals surface area contributed by atoms with Gasteiger partial charge in [-0.05, 0) is 6.82 Å². The molecule has 6 heteroatoms. The van der Waals surface area contributed by atoms with E-state index in [1.165, 1.54) is 7.11 Å². The Hall–Kier alpha value is -0.585. The summed E-state index contributed by atoms with van der Waals surface area (Å²) >= 11 is 0. The van der Waals surface area contributed by atoms with E-state index in [1.807, 2.05) is 4.81 Å². The number of piperazine rings is 1. The molecule has 5 nitrogen and oxygen atoms in total. The number of esters is 1. The van der Waals surface area contributed by atoms with E-state index >= 15 is 0 Å². The van der Waals surface area contributed by atoms with Gasteiger partial charge in [0.25, 0.3) is 0 Å². The number of nitrogens with zero attached hydrogens (tertiary/aromatic N) is 1. The molecule has 0 aromatic rings. The molecule has 80 valence electrons. The molecular weight excluding hydrogens is 183 g/mol. The summed E-state index contributed by atoms with van der Waals surface area (Å²) in [5, 5.41) is 12.6. The summed E-state index contributed by atoms with van der Waals surface area (Å²) in [6, 6.07) is 0.0887. The monoisotopic (exact) mass is 200 g/mol. The molecule has 0 aliphatic carbocycles. The van der Waals surface area contributed by atoms with E-state index in [4.69, 9.17) is 0 Å². The second kappa shape index (κ2) is 5.33. The first-order chi connectivity index (χ1) is 6.63. The third kappa shape index (κ3) is 3.28. The van der Waals surface area contributed by atoms with Crippen LogP contribution in [0.2, 0.25) is 6.82 Å². The molecule has 1 unspecified atom stereocenters. The number of methoxy groups -OCH3 is 1. The highest BCUT2D eigenvalue weighted by Crippen LogP contribution is 2.04. The summed E-state index contributed by atoms with van der Waals surface area (Å²) in [7, 11) is 0.940. The second-order valence-electron chi connectivity index (χ2n) is 3.56. The number of carbonyl (C=O) groups excluding carboxylic acids is 1. The van der Waals surface area contributed by atoms with Gasteiger partial charge in [0.2, 0.25) is 0 Å². The smallest absolute Gasteiger partial charge is 0.376 e. The summed E-state index contributed by atoms with van der Waals surface area (Å²) in [6.45, 7) is 4.04. The van der Waals surface area contributed by atoms with Gasteiger partial charge in [0.1, 0.15) is 0 Å². The van der Waals surface area contributed by atoms with Crippen LogP contribution in [0.15, 0.2) is 0 Å². The summed E-state index contributed by atoms with van der Waals surface area (Å²) in [6.07, 6.45) is 0.361. The number of hydrogen-bond donors (Lipinski definition) is 2. The number of rotatable bonds is 3. The molecule has 0 aromatic heterocycles. The zero-order valence-corrected chi connectivity index (χ0v) is 8.69. The largest absolute Gasteiger partial charge is 0.469 e. The van der Waals surface area contributed by atoms with Crippen LogP contribution >= 0.6 is 0 Å². The molecule has 0 saturated carbocycles. The fourth-order valence-electron chi connectivity index (χ4n) is 1.61. The molecule has 0 bridgehead atoms. The third-order valence-corrected chi connectivity index (χ3v) is 2.46. The SMILES string of the molecule is COC(=O)CC1CN(B(C)O)CCN1. The maximum Gasteiger partial charge on any atom is 0.376 e. The molecule has 2 N–H and O–H groups in total. The first kappa shape index (κ1) is 11.5. The van der Waals surface area contributed by atoms with Crippen molar-refractivity contribution in [2.45, 2.75) is 19.3 Å². The van der Waals surface area contributed by atoms with E-state index in [0.717, 1.165) is 13.1 Å². The third-order valence-electron chi connectivity index (χ3n) is 2.46. The van der Waals surface area contributed by atoms with Crippen LogP contribution in [0.25, 0.3) is 0 Å². The molecule has 0 aromatic carbocycles. The summed E-state index contributed by atoms with van der Waals surface area (Å²) in [4.78, 5) is 12.9. The highest BCUT2D eigenvalue weighted by atomic mass is 16.5. The number of nitrogens with one attached hydrogen (secondary N) is 1. The van der Waals surface area contributed by atoms with Crippen LogP contribution in [0.4, 0.5) is 0 Å². The van der Waals surface area contributed by atoms with Crippen molar-refractivity contribution in [2.75, 3.05) is 26.7 Å². The van der Waals surface area contributed by atoms with Crippen LogP contribution in [-0.2, 0) is 9.53 Å². The maximum atomic E-state index is 11.0. The van der Waals surface area contributed by atoms with Crippen LogP contribution in [0, 0.1) is 0 Å². The van der Waals surface area contributed by atoms with Gasteiger partial charge in [0.05, 0.1) is 13.5 Å². The van der Waals surface area contributed by atoms with E-state index in [0.29, 0.717) is 13.0 Å². The van der Waals surface area contributed by atoms with Crippen molar-refractivity contribution in [1.82, 2.24) is 10.1 Å². The molecule has 14 heavy (non-hydrogen) atoms. The molecule has 0 amide bonds. The molecule has 1 saturated heterocycles. The molecule has 1 aliphatic rings. The Morgan fingerprint density at radius 2 is 2.50 bits per heavy atom. The van der Waals surface area contributed by atoms with Crippen LogP contribution < -0.4 is 5.32 Å². The molecule has 1 aliphatic heterocycles. The average Bonchev–Trinajstić information content (AvgIpc) is 2.18. The van der Waals surface area contributed by atoms with Crippen LogP contribution in [0.5, 0.6) is 0 Å². The quantitative estimate of drug-likeness (QED) is 0.448. The van der Waals surface area contributed by atoms with Gasteiger partial charge in [0.15, 0.2) is 0 Å². The van der Waals surface area contributed by atoms with Crippen molar-refractivity contribution in [3.8, 4) is 0 Å². The Balaban J connectivity index is 2.36. The number of ether oxygens (including phenoxy) is 1. The lowest BCUT2D eigenvalue weighted by Crippen LogP contribution is -2.55. The van der Waals surface area contributed by atoms with Crippen molar-refractivity contribution in [3.05, 3.63) is 0 Å². The topological polar surface area (TPSA) is 61.8 Å². The van der Waals surface area contributed by atoms with Gasteiger partial charge in [-0.3, -0.25) is 4.79 Å². The highest BCUT2D eigenvalue weighted by Gasteiger charge is 2.25. The lowest BCUT2D eigenvalue weighted by Gasteiger charge is -2.33. The minimum atomic E-state index is -0.447. The lowest BCUT2D eigenvalue weighted by atomic mass is 9.83. The summed E-state index contributed by atoms with van der Waals surface area (Å²) in [5.74, 6) is -0.213. The lowest BCUT2D eigenvalue weighted by molar-refractivity contribution is -0.141. The number of carbonyl (C=O) groups is 1. The minimum absolute atomic E-state index is 0.0887. The Morgan fingerprint density at radius 3 is 3.07 bits per heavy atom. The van der Waals surface area contributed by atoms with Crippen molar-refractivity contribution in [1.29, 1.82) is 0 Å². The van der Waals surface area contributed by atoms with Gasteiger partial charge in [-0.15, -0.1) is 0 Å². The Kier molecular flexibility index (Phi) is 4.38. The van der Waals surface area contributed by atoms with Gasteiger partial charge < -0.3 is 19.9 Å². The van der Waals surface area contributed by atoms with Gasteiger partial charge in [-0.2, -0.15) is 0 Å². The van der Waals surface area contributed by atoms with E-state index in [-0.39, 0.29) is 12.0 Å². The first-order valence-corrected chi connectivity index (χ1v) is 4.85. The number of hydrogen-bond acceptors (Lipinski definition) is 5.